The van der Waals surface area contributed by atoms with E-state index in [0.717, 1.165) is 33.5 Å². The Kier molecular flexibility index (Phi) is 10.7. The SMILES string of the molecule is CCOCCOc1ccccc1PC(=O)c1c(C)cc(OCC)cc1C.[H-].[Li+]. The molecule has 0 fully saturated rings. The molecule has 0 radical (unpaired) electrons. The molecular weight excluding hydrogens is 354 g/mol. The van der Waals surface area contributed by atoms with E-state index >= 15 is 0 Å². The van der Waals surface area contributed by atoms with Gasteiger partial charge in [-0.2, -0.15) is 0 Å². The van der Waals surface area contributed by atoms with E-state index in [-0.39, 0.29) is 34.4 Å². The third kappa shape index (κ3) is 6.98. The molecule has 2 rings (SSSR count). The van der Waals surface area contributed by atoms with Crippen molar-refractivity contribution in [3.63, 3.8) is 0 Å². The fourth-order valence-electron chi connectivity index (χ4n) is 2.77. The molecule has 0 aliphatic heterocycles. The third-order valence-corrected chi connectivity index (χ3v) is 5.03. The van der Waals surface area contributed by atoms with Gasteiger partial charge in [-0.25, -0.2) is 0 Å². The summed E-state index contributed by atoms with van der Waals surface area (Å²) < 4.78 is 16.7. The van der Waals surface area contributed by atoms with Crippen LogP contribution in [0, 0.1) is 13.8 Å². The Labute approximate surface area is 177 Å². The molecule has 142 valence electrons. The van der Waals surface area contributed by atoms with Crippen LogP contribution in [-0.4, -0.2) is 32.0 Å². The molecule has 27 heavy (non-hydrogen) atoms. The first kappa shape index (κ1) is 23.7. The molecule has 0 heterocycles. The van der Waals surface area contributed by atoms with Gasteiger partial charge >= 0.3 is 18.9 Å². The molecule has 0 amide bonds. The van der Waals surface area contributed by atoms with Gasteiger partial charge in [0.25, 0.3) is 0 Å². The molecule has 0 N–H and O–H groups in total. The van der Waals surface area contributed by atoms with Crippen LogP contribution < -0.4 is 33.6 Å². The second-order valence-electron chi connectivity index (χ2n) is 5.86. The molecule has 0 bridgehead atoms. The van der Waals surface area contributed by atoms with Crippen molar-refractivity contribution in [2.45, 2.75) is 27.7 Å². The van der Waals surface area contributed by atoms with Crippen molar-refractivity contribution >= 4 is 19.4 Å². The number of aryl methyl sites for hydroxylation is 2. The van der Waals surface area contributed by atoms with Gasteiger partial charge in [0.1, 0.15) is 18.1 Å². The molecule has 0 saturated heterocycles. The molecule has 2 aromatic carbocycles. The standard InChI is InChI=1S/C21H27O4P.Li.H/c1-5-23-11-12-25-18-9-7-8-10-19(18)26-21(22)20-15(3)13-17(24-6-2)14-16(20)4;;/h7-10,13-14,26H,5-6,11-12H2,1-4H3;;/q;+1;-1. The van der Waals surface area contributed by atoms with Crippen molar-refractivity contribution in [1.29, 1.82) is 0 Å². The smallest absolute Gasteiger partial charge is 1.00 e. The molecule has 0 saturated carbocycles. The van der Waals surface area contributed by atoms with Crippen LogP contribution >= 0.6 is 8.58 Å². The maximum Gasteiger partial charge on any atom is 1.00 e. The van der Waals surface area contributed by atoms with Crippen LogP contribution in [0.1, 0.15) is 36.8 Å². The Bertz CT molecular complexity index is 732. The molecular formula is C21H28LiO4P. The molecule has 6 heteroatoms. The van der Waals surface area contributed by atoms with Gasteiger partial charge in [-0.1, -0.05) is 18.2 Å². The van der Waals surface area contributed by atoms with Crippen LogP contribution in [0.4, 0.5) is 0 Å². The van der Waals surface area contributed by atoms with E-state index in [1.54, 1.807) is 0 Å². The van der Waals surface area contributed by atoms with Crippen LogP contribution in [0.5, 0.6) is 11.5 Å². The van der Waals surface area contributed by atoms with Crippen molar-refractivity contribution in [3.8, 4) is 11.5 Å². The van der Waals surface area contributed by atoms with E-state index in [0.29, 0.717) is 26.4 Å². The predicted octanol–water partition coefficient (Wildman–Crippen LogP) is 1.38. The number of benzene rings is 2. The topological polar surface area (TPSA) is 44.8 Å². The minimum Gasteiger partial charge on any atom is -1.00 e. The van der Waals surface area contributed by atoms with Crippen molar-refractivity contribution in [2.24, 2.45) is 0 Å². The van der Waals surface area contributed by atoms with Crippen molar-refractivity contribution in [3.05, 3.63) is 53.1 Å². The van der Waals surface area contributed by atoms with E-state index in [9.17, 15) is 4.79 Å². The minimum absolute atomic E-state index is 0. The van der Waals surface area contributed by atoms with Gasteiger partial charge in [0.2, 0.25) is 0 Å². The van der Waals surface area contributed by atoms with Crippen LogP contribution in [0.2, 0.25) is 0 Å². The third-order valence-electron chi connectivity index (χ3n) is 3.87. The van der Waals surface area contributed by atoms with E-state index in [4.69, 9.17) is 14.2 Å². The summed E-state index contributed by atoms with van der Waals surface area (Å²) in [6.07, 6.45) is 0. The number of rotatable bonds is 10. The fraction of sp³-hybridized carbons (Fsp3) is 0.381. The Morgan fingerprint density at radius 3 is 2.30 bits per heavy atom. The second-order valence-corrected chi connectivity index (χ2v) is 7.10. The Balaban J connectivity index is 0.00000364. The van der Waals surface area contributed by atoms with Crippen molar-refractivity contribution in [2.75, 3.05) is 26.4 Å². The van der Waals surface area contributed by atoms with Gasteiger partial charge in [-0.05, 0) is 65.6 Å². The normalized spacial score (nSPS) is 10.7. The van der Waals surface area contributed by atoms with Crippen LogP contribution in [0.15, 0.2) is 36.4 Å². The van der Waals surface area contributed by atoms with E-state index in [1.165, 1.54) is 0 Å². The molecule has 1 atom stereocenters. The quantitative estimate of drug-likeness (QED) is 0.354. The Hall–Kier alpha value is -1.30. The summed E-state index contributed by atoms with van der Waals surface area (Å²) in [4.78, 5) is 12.9. The van der Waals surface area contributed by atoms with Crippen LogP contribution in [-0.2, 0) is 4.74 Å². The second kappa shape index (κ2) is 12.2. The van der Waals surface area contributed by atoms with E-state index in [2.05, 4.69) is 0 Å². The maximum atomic E-state index is 12.9. The van der Waals surface area contributed by atoms with Crippen molar-refractivity contribution < 1.29 is 39.3 Å². The largest absolute Gasteiger partial charge is 1.00 e. The zero-order valence-corrected chi connectivity index (χ0v) is 17.9. The summed E-state index contributed by atoms with van der Waals surface area (Å²) in [7, 11) is 0.0117. The number of carbonyl (C=O) groups excluding carboxylic acids is 1. The number of ether oxygens (including phenoxy) is 3. The fourth-order valence-corrected chi connectivity index (χ4v) is 3.99. The van der Waals surface area contributed by atoms with Gasteiger partial charge in [0, 0.05) is 17.5 Å². The zero-order chi connectivity index (χ0) is 18.9. The summed E-state index contributed by atoms with van der Waals surface area (Å²) in [5.41, 5.74) is 2.78. The molecule has 0 aromatic heterocycles. The summed E-state index contributed by atoms with van der Waals surface area (Å²) >= 11 is 0. The first-order valence-corrected chi connectivity index (χ1v) is 9.91. The molecule has 2 aromatic rings. The molecule has 4 nitrogen and oxygen atoms in total. The van der Waals surface area contributed by atoms with Crippen LogP contribution in [0.3, 0.4) is 0 Å². The minimum atomic E-state index is 0. The number of para-hydroxylation sites is 1. The van der Waals surface area contributed by atoms with E-state index in [1.807, 2.05) is 64.1 Å². The van der Waals surface area contributed by atoms with Crippen molar-refractivity contribution in [1.82, 2.24) is 0 Å². The number of hydrogen-bond acceptors (Lipinski definition) is 4. The maximum absolute atomic E-state index is 12.9. The monoisotopic (exact) mass is 382 g/mol. The molecule has 0 spiro atoms. The van der Waals surface area contributed by atoms with Gasteiger partial charge in [-0.15, -0.1) is 0 Å². The predicted molar refractivity (Wildman–Crippen MR) is 109 cm³/mol. The number of hydrogen-bond donors (Lipinski definition) is 0. The average Bonchev–Trinajstić information content (AvgIpc) is 2.59. The summed E-state index contributed by atoms with van der Waals surface area (Å²) in [5, 5.41) is 0.918. The van der Waals surface area contributed by atoms with Gasteiger partial charge in [-0.3, -0.25) is 4.79 Å². The van der Waals surface area contributed by atoms with E-state index < -0.39 is 0 Å². The molecule has 0 aliphatic carbocycles. The Morgan fingerprint density at radius 1 is 1.00 bits per heavy atom. The summed E-state index contributed by atoms with van der Waals surface area (Å²) in [6.45, 7) is 10.1. The van der Waals surface area contributed by atoms with Gasteiger partial charge in [0.15, 0.2) is 5.52 Å². The average molecular weight is 382 g/mol. The zero-order valence-electron chi connectivity index (χ0n) is 17.9. The van der Waals surface area contributed by atoms with Gasteiger partial charge < -0.3 is 15.6 Å². The first-order valence-electron chi connectivity index (χ1n) is 8.91. The molecule has 0 aliphatic rings. The van der Waals surface area contributed by atoms with Crippen LogP contribution in [0.25, 0.3) is 0 Å². The Morgan fingerprint density at radius 2 is 1.67 bits per heavy atom. The summed E-state index contributed by atoms with van der Waals surface area (Å²) in [5.74, 6) is 1.56. The van der Waals surface area contributed by atoms with Gasteiger partial charge in [0.05, 0.1) is 13.2 Å². The number of carbonyl (C=O) groups is 1. The summed E-state index contributed by atoms with van der Waals surface area (Å²) in [6, 6.07) is 11.6. The molecule has 1 unspecified atom stereocenters. The first-order chi connectivity index (χ1) is 12.6.